The zero-order chi connectivity index (χ0) is 42.4. The molecular weight excluding hydrogens is 715 g/mol. The molecule has 4 heteroatoms. The van der Waals surface area contributed by atoms with Crippen molar-refractivity contribution in [1.82, 2.24) is 0 Å². The summed E-state index contributed by atoms with van der Waals surface area (Å²) in [6.07, 6.45) is 4.35. The molecule has 0 atom stereocenters. The first-order chi connectivity index (χ1) is 27.5. The van der Waals surface area contributed by atoms with Crippen LogP contribution in [0.1, 0.15) is 142 Å². The Kier molecular flexibility index (Phi) is 8.55. The maximum atomic E-state index is 7.49. The summed E-state index contributed by atoms with van der Waals surface area (Å²) in [5.74, 6) is 0. The Morgan fingerprint density at radius 2 is 1.14 bits per heavy atom. The monoisotopic (exact) mass is 779 g/mol. The highest BCUT2D eigenvalue weighted by Gasteiger charge is 2.48. The van der Waals surface area contributed by atoms with Crippen molar-refractivity contribution in [2.45, 2.75) is 137 Å². The Balaban J connectivity index is 1.42. The second kappa shape index (κ2) is 12.8. The van der Waals surface area contributed by atoms with Crippen LogP contribution in [0.3, 0.4) is 0 Å². The lowest BCUT2D eigenvalue weighted by molar-refractivity contribution is 0.332. The third-order valence-electron chi connectivity index (χ3n) is 14.0. The van der Waals surface area contributed by atoms with Crippen molar-refractivity contribution in [2.75, 3.05) is 9.80 Å². The molecule has 0 N–H and O–H groups in total. The second-order valence-corrected chi connectivity index (χ2v) is 22.3. The average molecular weight is 779 g/mol. The van der Waals surface area contributed by atoms with Crippen molar-refractivity contribution < 1.29 is 4.42 Å². The molecule has 2 aliphatic heterocycles. The lowest BCUT2D eigenvalue weighted by Gasteiger charge is -2.43. The molecule has 0 spiro atoms. The van der Waals surface area contributed by atoms with Crippen molar-refractivity contribution in [1.29, 1.82) is 0 Å². The Labute approximate surface area is 354 Å². The van der Waals surface area contributed by atoms with Gasteiger partial charge in [0, 0.05) is 28.1 Å². The standard InChI is InChI=1S/C55H63BN2O/c1-16-34-29-36(52(6,7)8)19-23-43(34)58-46-28-33(2)27-45-48(46)56(50-49(58)39-31-40-41(32-47(39)59-50)55(14,15)26-25-54(40,12)13)42-30-37(53(9,10)11)20-24-44(42)57(45)38-21-17-35(18-22-38)51(3,4)5/h16-24,27-32H,1,25-26H2,2-15H3. The summed E-state index contributed by atoms with van der Waals surface area (Å²) in [7, 11) is 0. The highest BCUT2D eigenvalue weighted by molar-refractivity contribution is 7.00. The average Bonchev–Trinajstić information content (AvgIpc) is 3.53. The van der Waals surface area contributed by atoms with Crippen LogP contribution in [0.5, 0.6) is 0 Å². The fourth-order valence-electron chi connectivity index (χ4n) is 10.2. The fraction of sp³-hybridized carbons (Fsp3) is 0.382. The lowest BCUT2D eigenvalue weighted by Crippen LogP contribution is -2.61. The van der Waals surface area contributed by atoms with Crippen LogP contribution in [-0.2, 0) is 27.1 Å². The minimum absolute atomic E-state index is 0.00571. The van der Waals surface area contributed by atoms with E-state index < -0.39 is 0 Å². The van der Waals surface area contributed by atoms with Crippen molar-refractivity contribution in [3.8, 4) is 0 Å². The SMILES string of the molecule is C=Cc1cc(C(C)(C)C)ccc1N1c2cc(C)cc3c2B(c2cc(C(C)(C)C)ccc2N3c2ccc(C(C)(C)C)cc2)c2oc3cc4c(cc3c21)C(C)(C)CCC4(C)C. The van der Waals surface area contributed by atoms with Gasteiger partial charge in [-0.05, 0) is 151 Å². The normalized spacial score (nSPS) is 16.7. The molecular formula is C55H63BN2O. The van der Waals surface area contributed by atoms with Gasteiger partial charge in [-0.1, -0.05) is 133 Å². The zero-order valence-electron chi connectivity index (χ0n) is 38.2. The molecule has 0 bridgehead atoms. The summed E-state index contributed by atoms with van der Waals surface area (Å²) in [6, 6.07) is 33.2. The molecule has 59 heavy (non-hydrogen) atoms. The van der Waals surface area contributed by atoms with Gasteiger partial charge in [-0.25, -0.2) is 0 Å². The Hall–Kier alpha value is -4.96. The molecule has 1 aromatic heterocycles. The van der Waals surface area contributed by atoms with Crippen molar-refractivity contribution in [2.24, 2.45) is 0 Å². The summed E-state index contributed by atoms with van der Waals surface area (Å²) in [5, 5.41) is 1.18. The van der Waals surface area contributed by atoms with Gasteiger partial charge in [0.1, 0.15) is 5.58 Å². The van der Waals surface area contributed by atoms with Gasteiger partial charge < -0.3 is 14.2 Å². The van der Waals surface area contributed by atoms with E-state index in [0.29, 0.717) is 0 Å². The summed E-state index contributed by atoms with van der Waals surface area (Å²) in [6.45, 7) is 36.9. The summed E-state index contributed by atoms with van der Waals surface area (Å²) in [5.41, 5.74) is 20.8. The largest absolute Gasteiger partial charge is 0.468 e. The Morgan fingerprint density at radius 1 is 0.610 bits per heavy atom. The number of hydrogen-bond donors (Lipinski definition) is 0. The molecule has 9 rings (SSSR count). The lowest BCUT2D eigenvalue weighted by atomic mass is 9.35. The predicted octanol–water partition coefficient (Wildman–Crippen LogP) is 13.7. The number of nitrogens with zero attached hydrogens (tertiary/aromatic N) is 2. The molecule has 0 saturated heterocycles. The quantitative estimate of drug-likeness (QED) is 0.167. The molecule has 3 heterocycles. The smallest absolute Gasteiger partial charge is 0.297 e. The van der Waals surface area contributed by atoms with E-state index in [2.05, 4.69) is 198 Å². The Morgan fingerprint density at radius 3 is 1.71 bits per heavy atom. The molecule has 5 aromatic carbocycles. The van der Waals surface area contributed by atoms with E-state index in [9.17, 15) is 0 Å². The minimum Gasteiger partial charge on any atom is -0.468 e. The number of anilines is 6. The Bertz CT molecular complexity index is 2700. The summed E-state index contributed by atoms with van der Waals surface area (Å²) in [4.78, 5) is 5.06. The first-order valence-electron chi connectivity index (χ1n) is 21.9. The van der Waals surface area contributed by atoms with E-state index in [1.807, 2.05) is 6.08 Å². The van der Waals surface area contributed by atoms with Gasteiger partial charge in [-0.3, -0.25) is 0 Å². The predicted molar refractivity (Wildman–Crippen MR) is 256 cm³/mol. The van der Waals surface area contributed by atoms with Gasteiger partial charge in [0.25, 0.3) is 6.71 Å². The maximum Gasteiger partial charge on any atom is 0.297 e. The number of benzene rings is 5. The second-order valence-electron chi connectivity index (χ2n) is 22.3. The van der Waals surface area contributed by atoms with Gasteiger partial charge >= 0.3 is 0 Å². The zero-order valence-corrected chi connectivity index (χ0v) is 38.2. The van der Waals surface area contributed by atoms with E-state index in [4.69, 9.17) is 4.42 Å². The van der Waals surface area contributed by atoms with Gasteiger partial charge in [0.2, 0.25) is 0 Å². The van der Waals surface area contributed by atoms with Gasteiger partial charge in [0.15, 0.2) is 0 Å². The van der Waals surface area contributed by atoms with Crippen LogP contribution in [0.25, 0.3) is 17.0 Å². The van der Waals surface area contributed by atoms with Gasteiger partial charge in [-0.2, -0.15) is 0 Å². The first-order valence-corrected chi connectivity index (χ1v) is 21.9. The summed E-state index contributed by atoms with van der Waals surface area (Å²) < 4.78 is 7.49. The van der Waals surface area contributed by atoms with E-state index in [1.54, 1.807) is 0 Å². The number of furan rings is 1. The van der Waals surface area contributed by atoms with E-state index >= 15 is 0 Å². The molecule has 0 unspecified atom stereocenters. The van der Waals surface area contributed by atoms with Crippen LogP contribution in [0, 0.1) is 6.92 Å². The third-order valence-corrected chi connectivity index (χ3v) is 14.0. The van der Waals surface area contributed by atoms with Crippen LogP contribution in [0.2, 0.25) is 0 Å². The minimum atomic E-state index is -0.110. The van der Waals surface area contributed by atoms with Gasteiger partial charge in [-0.15, -0.1) is 0 Å². The molecule has 302 valence electrons. The number of aryl methyl sites for hydroxylation is 1. The topological polar surface area (TPSA) is 19.6 Å². The van der Waals surface area contributed by atoms with Crippen molar-refractivity contribution in [3.63, 3.8) is 0 Å². The van der Waals surface area contributed by atoms with Crippen LogP contribution in [-0.4, -0.2) is 6.71 Å². The summed E-state index contributed by atoms with van der Waals surface area (Å²) >= 11 is 0. The molecule has 0 radical (unpaired) electrons. The number of hydrogen-bond acceptors (Lipinski definition) is 3. The van der Waals surface area contributed by atoms with E-state index in [-0.39, 0.29) is 33.8 Å². The van der Waals surface area contributed by atoms with Crippen molar-refractivity contribution >= 4 is 74.5 Å². The van der Waals surface area contributed by atoms with E-state index in [1.165, 1.54) is 66.8 Å². The number of fused-ring (bicyclic) bond motifs is 7. The maximum absolute atomic E-state index is 7.49. The highest BCUT2D eigenvalue weighted by atomic mass is 16.3. The fourth-order valence-corrected chi connectivity index (χ4v) is 10.2. The molecule has 3 nitrogen and oxygen atoms in total. The number of rotatable bonds is 3. The van der Waals surface area contributed by atoms with Crippen molar-refractivity contribution in [3.05, 3.63) is 130 Å². The highest BCUT2D eigenvalue weighted by Crippen LogP contribution is 2.52. The van der Waals surface area contributed by atoms with Crippen LogP contribution < -0.4 is 26.4 Å². The molecule has 3 aliphatic rings. The molecule has 6 aromatic rings. The van der Waals surface area contributed by atoms with Crippen LogP contribution in [0.15, 0.2) is 95.9 Å². The molecule has 0 saturated carbocycles. The molecule has 0 amide bonds. The van der Waals surface area contributed by atoms with E-state index in [0.717, 1.165) is 46.7 Å². The van der Waals surface area contributed by atoms with Gasteiger partial charge in [0.05, 0.1) is 17.0 Å². The van der Waals surface area contributed by atoms with Crippen LogP contribution >= 0.6 is 0 Å². The molecule has 1 aliphatic carbocycles. The first kappa shape index (κ1) is 39.5. The molecule has 0 fully saturated rings. The third kappa shape index (κ3) is 6.14. The van der Waals surface area contributed by atoms with Crippen LogP contribution in [0.4, 0.5) is 34.1 Å².